The number of aromatic nitrogens is 2. The molecular formula is C14H16BrClN4. The number of hydrogen-bond donors (Lipinski definition) is 2. The number of anilines is 3. The first kappa shape index (κ1) is 15.1. The number of nitrogens with one attached hydrogen (secondary N) is 2. The van der Waals surface area contributed by atoms with Crippen LogP contribution in [0.4, 0.5) is 17.3 Å². The summed E-state index contributed by atoms with van der Waals surface area (Å²) in [5.41, 5.74) is 0.818. The third kappa shape index (κ3) is 3.84. The van der Waals surface area contributed by atoms with E-state index >= 15 is 0 Å². The topological polar surface area (TPSA) is 49.8 Å². The predicted molar refractivity (Wildman–Crippen MR) is 88.0 cm³/mol. The first-order valence-electron chi connectivity index (χ1n) is 6.46. The average molecular weight is 356 g/mol. The Balaban J connectivity index is 2.29. The standard InChI is InChI=1S/C14H16BrClN4/c1-3-12-19-13(17-4-2)8-14(20-12)18-11-6-5-9(15)7-10(11)16/h5-8H,3-4H2,1-2H3,(H2,17,18,19,20). The Bertz CT molecular complexity index is 604. The summed E-state index contributed by atoms with van der Waals surface area (Å²) < 4.78 is 0.943. The normalized spacial score (nSPS) is 10.4. The summed E-state index contributed by atoms with van der Waals surface area (Å²) in [6.45, 7) is 4.88. The van der Waals surface area contributed by atoms with Crippen LogP contribution in [0.15, 0.2) is 28.7 Å². The lowest BCUT2D eigenvalue weighted by Crippen LogP contribution is -2.05. The van der Waals surface area contributed by atoms with Crippen molar-refractivity contribution < 1.29 is 0 Å². The van der Waals surface area contributed by atoms with Gasteiger partial charge in [-0.3, -0.25) is 0 Å². The monoisotopic (exact) mass is 354 g/mol. The number of halogens is 2. The van der Waals surface area contributed by atoms with E-state index in [1.54, 1.807) is 0 Å². The van der Waals surface area contributed by atoms with Crippen molar-refractivity contribution in [1.29, 1.82) is 0 Å². The highest BCUT2D eigenvalue weighted by molar-refractivity contribution is 9.10. The zero-order valence-corrected chi connectivity index (χ0v) is 13.7. The maximum atomic E-state index is 6.20. The molecule has 0 aliphatic heterocycles. The Kier molecular flexibility index (Phi) is 5.20. The summed E-state index contributed by atoms with van der Waals surface area (Å²) in [5.74, 6) is 2.34. The van der Waals surface area contributed by atoms with Gasteiger partial charge in [-0.05, 0) is 25.1 Å². The van der Waals surface area contributed by atoms with Gasteiger partial charge in [-0.1, -0.05) is 34.5 Å². The molecule has 0 saturated carbocycles. The van der Waals surface area contributed by atoms with Crippen LogP contribution in [0, 0.1) is 0 Å². The molecule has 0 spiro atoms. The van der Waals surface area contributed by atoms with Gasteiger partial charge in [0, 0.05) is 23.5 Å². The van der Waals surface area contributed by atoms with E-state index in [1.807, 2.05) is 38.1 Å². The quantitative estimate of drug-likeness (QED) is 0.821. The van der Waals surface area contributed by atoms with Gasteiger partial charge in [0.1, 0.15) is 17.5 Å². The molecule has 6 heteroatoms. The van der Waals surface area contributed by atoms with E-state index in [2.05, 4.69) is 36.5 Å². The van der Waals surface area contributed by atoms with Crippen molar-refractivity contribution >= 4 is 44.9 Å². The van der Waals surface area contributed by atoms with Crippen LogP contribution in [0.3, 0.4) is 0 Å². The second kappa shape index (κ2) is 6.90. The van der Waals surface area contributed by atoms with Crippen molar-refractivity contribution in [3.8, 4) is 0 Å². The van der Waals surface area contributed by atoms with Gasteiger partial charge in [-0.25, -0.2) is 9.97 Å². The zero-order chi connectivity index (χ0) is 14.5. The van der Waals surface area contributed by atoms with Gasteiger partial charge < -0.3 is 10.6 Å². The first-order chi connectivity index (χ1) is 9.62. The van der Waals surface area contributed by atoms with Crippen molar-refractivity contribution in [2.45, 2.75) is 20.3 Å². The van der Waals surface area contributed by atoms with Crippen LogP contribution in [0.5, 0.6) is 0 Å². The summed E-state index contributed by atoms with van der Waals surface area (Å²) in [6.07, 6.45) is 0.780. The molecule has 1 aromatic carbocycles. The van der Waals surface area contributed by atoms with Gasteiger partial charge in [0.15, 0.2) is 0 Å². The molecule has 106 valence electrons. The van der Waals surface area contributed by atoms with E-state index in [0.717, 1.165) is 40.6 Å². The summed E-state index contributed by atoms with van der Waals surface area (Å²) in [5, 5.41) is 7.07. The lowest BCUT2D eigenvalue weighted by atomic mass is 10.3. The third-order valence-electron chi connectivity index (χ3n) is 2.64. The molecule has 2 N–H and O–H groups in total. The first-order valence-corrected chi connectivity index (χ1v) is 7.63. The van der Waals surface area contributed by atoms with Crippen LogP contribution < -0.4 is 10.6 Å². The predicted octanol–water partition coefficient (Wildman–Crippen LogP) is 4.63. The highest BCUT2D eigenvalue weighted by Gasteiger charge is 2.06. The fourth-order valence-corrected chi connectivity index (χ4v) is 2.44. The Morgan fingerprint density at radius 3 is 2.55 bits per heavy atom. The molecule has 0 amide bonds. The van der Waals surface area contributed by atoms with Gasteiger partial charge in [-0.15, -0.1) is 0 Å². The third-order valence-corrected chi connectivity index (χ3v) is 3.45. The number of nitrogens with zero attached hydrogens (tertiary/aromatic N) is 2. The Hall–Kier alpha value is -1.33. The van der Waals surface area contributed by atoms with Crippen LogP contribution in [-0.4, -0.2) is 16.5 Å². The summed E-state index contributed by atoms with van der Waals surface area (Å²) >= 11 is 9.59. The molecule has 0 saturated heterocycles. The molecule has 2 aromatic rings. The van der Waals surface area contributed by atoms with Gasteiger partial charge >= 0.3 is 0 Å². The van der Waals surface area contributed by atoms with Gasteiger partial charge in [-0.2, -0.15) is 0 Å². The number of benzene rings is 1. The average Bonchev–Trinajstić information content (AvgIpc) is 2.42. The molecule has 0 aliphatic carbocycles. The van der Waals surface area contributed by atoms with Crippen molar-refractivity contribution in [3.05, 3.63) is 39.6 Å². The van der Waals surface area contributed by atoms with Crippen LogP contribution >= 0.6 is 27.5 Å². The lowest BCUT2D eigenvalue weighted by Gasteiger charge is -2.11. The summed E-state index contributed by atoms with van der Waals surface area (Å²) in [7, 11) is 0. The van der Waals surface area contributed by atoms with E-state index in [-0.39, 0.29) is 0 Å². The lowest BCUT2D eigenvalue weighted by molar-refractivity contribution is 0.939. The maximum absolute atomic E-state index is 6.20. The highest BCUT2D eigenvalue weighted by atomic mass is 79.9. The molecule has 0 unspecified atom stereocenters. The SMILES string of the molecule is CCNc1cc(Nc2ccc(Br)cc2Cl)nc(CC)n1. The van der Waals surface area contributed by atoms with Gasteiger partial charge in [0.25, 0.3) is 0 Å². The van der Waals surface area contributed by atoms with E-state index < -0.39 is 0 Å². The number of hydrogen-bond acceptors (Lipinski definition) is 4. The smallest absolute Gasteiger partial charge is 0.136 e. The van der Waals surface area contributed by atoms with E-state index in [1.165, 1.54) is 0 Å². The second-order valence-corrected chi connectivity index (χ2v) is 5.51. The summed E-state index contributed by atoms with van der Waals surface area (Å²) in [4.78, 5) is 8.88. The molecule has 0 fully saturated rings. The van der Waals surface area contributed by atoms with Crippen molar-refractivity contribution in [1.82, 2.24) is 9.97 Å². The van der Waals surface area contributed by atoms with E-state index in [4.69, 9.17) is 11.6 Å². The molecular weight excluding hydrogens is 340 g/mol. The van der Waals surface area contributed by atoms with Crippen LogP contribution in [-0.2, 0) is 6.42 Å². The molecule has 4 nitrogen and oxygen atoms in total. The van der Waals surface area contributed by atoms with Gasteiger partial charge in [0.2, 0.25) is 0 Å². The Labute approximate surface area is 132 Å². The maximum Gasteiger partial charge on any atom is 0.136 e. The minimum absolute atomic E-state index is 0.640. The molecule has 0 atom stereocenters. The number of aryl methyl sites for hydroxylation is 1. The van der Waals surface area contributed by atoms with Crippen LogP contribution in [0.2, 0.25) is 5.02 Å². The molecule has 1 aromatic heterocycles. The second-order valence-electron chi connectivity index (χ2n) is 4.19. The number of rotatable bonds is 5. The zero-order valence-electron chi connectivity index (χ0n) is 11.4. The van der Waals surface area contributed by atoms with Crippen molar-refractivity contribution in [2.24, 2.45) is 0 Å². The Morgan fingerprint density at radius 1 is 1.15 bits per heavy atom. The van der Waals surface area contributed by atoms with Crippen molar-refractivity contribution in [3.63, 3.8) is 0 Å². The highest BCUT2D eigenvalue weighted by Crippen LogP contribution is 2.28. The molecule has 1 heterocycles. The van der Waals surface area contributed by atoms with Crippen LogP contribution in [0.25, 0.3) is 0 Å². The minimum atomic E-state index is 0.640. The van der Waals surface area contributed by atoms with E-state index in [9.17, 15) is 0 Å². The molecule has 0 aliphatic rings. The van der Waals surface area contributed by atoms with Gasteiger partial charge in [0.05, 0.1) is 10.7 Å². The molecule has 20 heavy (non-hydrogen) atoms. The largest absolute Gasteiger partial charge is 0.370 e. The molecule has 0 radical (unpaired) electrons. The fourth-order valence-electron chi connectivity index (χ4n) is 1.72. The minimum Gasteiger partial charge on any atom is -0.370 e. The Morgan fingerprint density at radius 2 is 1.90 bits per heavy atom. The molecule has 0 bridgehead atoms. The van der Waals surface area contributed by atoms with Crippen LogP contribution in [0.1, 0.15) is 19.7 Å². The van der Waals surface area contributed by atoms with E-state index in [0.29, 0.717) is 5.02 Å². The summed E-state index contributed by atoms with van der Waals surface area (Å²) in [6, 6.07) is 7.56. The molecule has 2 rings (SSSR count). The fraction of sp³-hybridized carbons (Fsp3) is 0.286. The van der Waals surface area contributed by atoms with Crippen molar-refractivity contribution in [2.75, 3.05) is 17.2 Å².